The van der Waals surface area contributed by atoms with Crippen molar-refractivity contribution in [2.75, 3.05) is 0 Å². The van der Waals surface area contributed by atoms with Crippen LogP contribution in [0.2, 0.25) is 0 Å². The first-order chi connectivity index (χ1) is 15.7. The monoisotopic (exact) mass is 489 g/mol. The van der Waals surface area contributed by atoms with Crippen LogP contribution in [0.3, 0.4) is 0 Å². The number of hydrogen-bond acceptors (Lipinski definition) is 9. The van der Waals surface area contributed by atoms with Crippen molar-refractivity contribution < 1.29 is 42.9 Å². The van der Waals surface area contributed by atoms with Crippen molar-refractivity contribution in [3.63, 3.8) is 0 Å². The summed E-state index contributed by atoms with van der Waals surface area (Å²) in [7, 11) is 0. The number of aromatic nitrogens is 1. The maximum atomic E-state index is 13.3. The van der Waals surface area contributed by atoms with Crippen LogP contribution in [0, 0.1) is 20.2 Å². The van der Waals surface area contributed by atoms with Gasteiger partial charge in [0.2, 0.25) is 0 Å². The molecule has 0 fully saturated rings. The molecule has 15 heteroatoms. The Hall–Kier alpha value is -3.88. The lowest BCUT2D eigenvalue weighted by molar-refractivity contribution is -0.764. The number of rotatable bonds is 7. The van der Waals surface area contributed by atoms with Gasteiger partial charge in [0.25, 0.3) is 15.7 Å². The van der Waals surface area contributed by atoms with E-state index < -0.39 is 58.4 Å². The predicted octanol–water partition coefficient (Wildman–Crippen LogP) is 2.41. The summed E-state index contributed by atoms with van der Waals surface area (Å²) in [5.41, 5.74) is -3.63. The highest BCUT2D eigenvalue weighted by atomic mass is 19.4. The third-order valence-electron chi connectivity index (χ3n) is 5.25. The zero-order chi connectivity index (χ0) is 25.4. The molecular formula is C19H18F3N3O9. The van der Waals surface area contributed by atoms with Crippen LogP contribution in [-0.2, 0) is 29.1 Å². The number of aliphatic hydroxyl groups excluding tert-OH is 1. The van der Waals surface area contributed by atoms with Gasteiger partial charge in [-0.05, 0) is 43.2 Å². The summed E-state index contributed by atoms with van der Waals surface area (Å²) in [6, 6.07) is 2.07. The lowest BCUT2D eigenvalue weighted by atomic mass is 9.85. The molecule has 1 aromatic heterocycles. The number of benzene rings is 1. The van der Waals surface area contributed by atoms with Crippen LogP contribution in [0.25, 0.3) is 0 Å². The topological polar surface area (TPSA) is 156 Å². The van der Waals surface area contributed by atoms with Crippen LogP contribution < -0.4 is 10.3 Å². The maximum absolute atomic E-state index is 13.3. The van der Waals surface area contributed by atoms with Crippen LogP contribution in [0.1, 0.15) is 42.1 Å². The molecule has 0 aliphatic carbocycles. The van der Waals surface area contributed by atoms with E-state index in [4.69, 9.17) is 4.74 Å². The number of fused-ring (bicyclic) bond motifs is 1. The smallest absolute Gasteiger partial charge is 0.416 e. The SMILES string of the molecule is CC1(C)Oc2ccc(C(F)(F)F)cc2C(n2cc(CO[N+](=O)[O-])c(CO[N+](=O)[O-])cc2=O)C1O. The van der Waals surface area contributed by atoms with E-state index in [0.29, 0.717) is 0 Å². The van der Waals surface area contributed by atoms with Crippen LogP contribution in [-0.4, -0.2) is 31.6 Å². The van der Waals surface area contributed by atoms with Gasteiger partial charge in [0.15, 0.2) is 0 Å². The molecule has 0 saturated carbocycles. The van der Waals surface area contributed by atoms with E-state index in [2.05, 4.69) is 9.68 Å². The molecule has 0 bridgehead atoms. The summed E-state index contributed by atoms with van der Waals surface area (Å²) in [6.07, 6.45) is -5.24. The van der Waals surface area contributed by atoms with Crippen molar-refractivity contribution in [3.8, 4) is 5.75 Å². The quantitative estimate of drug-likeness (QED) is 0.456. The van der Waals surface area contributed by atoms with Crippen LogP contribution in [0.5, 0.6) is 5.75 Å². The lowest BCUT2D eigenvalue weighted by Crippen LogP contribution is -2.52. The summed E-state index contributed by atoms with van der Waals surface area (Å²) in [5, 5.41) is 29.9. The second kappa shape index (κ2) is 8.81. The minimum Gasteiger partial charge on any atom is -0.485 e. The average molecular weight is 489 g/mol. The highest BCUT2D eigenvalue weighted by Gasteiger charge is 2.45. The van der Waals surface area contributed by atoms with E-state index in [1.54, 1.807) is 0 Å². The number of hydrogen-bond donors (Lipinski definition) is 1. The number of aliphatic hydroxyl groups is 1. The Balaban J connectivity index is 2.20. The van der Waals surface area contributed by atoms with Gasteiger partial charge < -0.3 is 24.1 Å². The maximum Gasteiger partial charge on any atom is 0.416 e. The number of ether oxygens (including phenoxy) is 1. The van der Waals surface area contributed by atoms with Gasteiger partial charge in [0, 0.05) is 17.8 Å². The first kappa shape index (κ1) is 24.8. The molecule has 2 heterocycles. The van der Waals surface area contributed by atoms with Crippen molar-refractivity contribution >= 4 is 0 Å². The largest absolute Gasteiger partial charge is 0.485 e. The second-order valence-corrected chi connectivity index (χ2v) is 7.91. The average Bonchev–Trinajstić information content (AvgIpc) is 2.71. The van der Waals surface area contributed by atoms with Crippen molar-refractivity contribution in [1.29, 1.82) is 0 Å². The van der Waals surface area contributed by atoms with E-state index in [0.717, 1.165) is 35.0 Å². The molecule has 0 radical (unpaired) electrons. The summed E-state index contributed by atoms with van der Waals surface area (Å²) in [6.45, 7) is 1.44. The molecule has 1 aromatic carbocycles. The number of halogens is 3. The zero-order valence-electron chi connectivity index (χ0n) is 17.6. The van der Waals surface area contributed by atoms with Gasteiger partial charge in [-0.25, -0.2) is 0 Å². The predicted molar refractivity (Wildman–Crippen MR) is 105 cm³/mol. The van der Waals surface area contributed by atoms with Crippen molar-refractivity contribution in [2.24, 2.45) is 0 Å². The normalized spacial score (nSPS) is 19.0. The van der Waals surface area contributed by atoms with E-state index in [1.807, 2.05) is 0 Å². The van der Waals surface area contributed by atoms with Crippen LogP contribution >= 0.6 is 0 Å². The second-order valence-electron chi connectivity index (χ2n) is 7.91. The van der Waals surface area contributed by atoms with Crippen LogP contribution in [0.4, 0.5) is 13.2 Å². The zero-order valence-corrected chi connectivity index (χ0v) is 17.6. The van der Waals surface area contributed by atoms with Gasteiger partial charge in [-0.3, -0.25) is 4.79 Å². The number of alkyl halides is 3. The van der Waals surface area contributed by atoms with Gasteiger partial charge in [-0.1, -0.05) is 0 Å². The Bertz CT molecular complexity index is 1180. The van der Waals surface area contributed by atoms with Gasteiger partial charge in [0.05, 0.1) is 11.6 Å². The first-order valence-electron chi connectivity index (χ1n) is 9.57. The van der Waals surface area contributed by atoms with Crippen LogP contribution in [0.15, 0.2) is 35.3 Å². The van der Waals surface area contributed by atoms with E-state index in [9.17, 15) is 43.3 Å². The minimum absolute atomic E-state index is 0.0101. The van der Waals surface area contributed by atoms with Gasteiger partial charge in [-0.2, -0.15) is 13.2 Å². The van der Waals surface area contributed by atoms with Gasteiger partial charge in [0.1, 0.15) is 30.7 Å². The molecule has 1 aliphatic heterocycles. The number of nitrogens with zero attached hydrogens (tertiary/aromatic N) is 3. The first-order valence-corrected chi connectivity index (χ1v) is 9.57. The molecule has 2 unspecified atom stereocenters. The summed E-state index contributed by atoms with van der Waals surface area (Å²) in [4.78, 5) is 42.6. The van der Waals surface area contributed by atoms with E-state index in [-0.39, 0.29) is 22.4 Å². The lowest BCUT2D eigenvalue weighted by Gasteiger charge is -2.43. The van der Waals surface area contributed by atoms with Crippen molar-refractivity contribution in [1.82, 2.24) is 4.57 Å². The molecule has 12 nitrogen and oxygen atoms in total. The molecular weight excluding hydrogens is 471 g/mol. The fourth-order valence-corrected chi connectivity index (χ4v) is 3.60. The molecule has 34 heavy (non-hydrogen) atoms. The van der Waals surface area contributed by atoms with Gasteiger partial charge >= 0.3 is 6.18 Å². The number of pyridine rings is 1. The Morgan fingerprint density at radius 1 is 1.12 bits per heavy atom. The van der Waals surface area contributed by atoms with Crippen molar-refractivity contribution in [2.45, 2.75) is 51.0 Å². The third kappa shape index (κ3) is 5.03. The standard InChI is InChI=1S/C19H18F3N3O9/c1-18(2)17(27)16(13-6-12(19(20,21)22)3-4-14(13)34-18)23-7-11(9-33-25(30)31)10(5-15(23)26)8-32-24(28)29/h3-7,16-17,27H,8-9H2,1-2H3. The highest BCUT2D eigenvalue weighted by Crippen LogP contribution is 2.44. The molecule has 1 aliphatic rings. The summed E-state index contributed by atoms with van der Waals surface area (Å²) in [5.74, 6) is -0.0101. The molecule has 2 atom stereocenters. The van der Waals surface area contributed by atoms with E-state index >= 15 is 0 Å². The summed E-state index contributed by atoms with van der Waals surface area (Å²) < 4.78 is 46.5. The van der Waals surface area contributed by atoms with Gasteiger partial charge in [-0.15, -0.1) is 20.2 Å². The Morgan fingerprint density at radius 3 is 2.26 bits per heavy atom. The molecule has 2 aromatic rings. The fourth-order valence-electron chi connectivity index (χ4n) is 3.60. The van der Waals surface area contributed by atoms with Crippen molar-refractivity contribution in [3.05, 3.63) is 83.3 Å². The Kier molecular flexibility index (Phi) is 6.42. The Labute approximate surface area is 188 Å². The highest BCUT2D eigenvalue weighted by molar-refractivity contribution is 5.44. The molecule has 0 saturated heterocycles. The third-order valence-corrected chi connectivity index (χ3v) is 5.25. The molecule has 0 spiro atoms. The van der Waals surface area contributed by atoms with E-state index in [1.165, 1.54) is 13.8 Å². The molecule has 184 valence electrons. The molecule has 3 rings (SSSR count). The Morgan fingerprint density at radius 2 is 1.71 bits per heavy atom. The fraction of sp³-hybridized carbons (Fsp3) is 0.421. The minimum atomic E-state index is -4.73. The molecule has 1 N–H and O–H groups in total. The molecule has 0 amide bonds. The summed E-state index contributed by atoms with van der Waals surface area (Å²) >= 11 is 0.